The van der Waals surface area contributed by atoms with E-state index in [1.54, 1.807) is 18.2 Å². The minimum Gasteiger partial charge on any atom is -0.383 e. The molecule has 0 aliphatic rings. The van der Waals surface area contributed by atoms with E-state index in [0.717, 1.165) is 0 Å². The molecule has 1 amide bonds. The van der Waals surface area contributed by atoms with Crippen LogP contribution in [0.3, 0.4) is 0 Å². The standard InChI is InChI=1S/C19H25FN4O4/c1-3-10-24-17(21)16(18(26)22-19(24)27)23(11-12-28-2)15(25)9-8-13-6-4-5-7-14(13)20/h4-7H,3,8-12,21H2,1-2H3,(H,22,26,27). The van der Waals surface area contributed by atoms with Gasteiger partial charge in [-0.3, -0.25) is 19.1 Å². The lowest BCUT2D eigenvalue weighted by Gasteiger charge is -2.24. The number of nitrogen functional groups attached to an aromatic ring is 1. The largest absolute Gasteiger partial charge is 0.383 e. The molecule has 0 fully saturated rings. The van der Waals surface area contributed by atoms with Crippen molar-refractivity contribution >= 4 is 17.4 Å². The van der Waals surface area contributed by atoms with Crippen molar-refractivity contribution in [1.82, 2.24) is 9.55 Å². The van der Waals surface area contributed by atoms with Crippen molar-refractivity contribution in [1.29, 1.82) is 0 Å². The zero-order valence-electron chi connectivity index (χ0n) is 16.0. The number of rotatable bonds is 9. The van der Waals surface area contributed by atoms with Gasteiger partial charge in [-0.15, -0.1) is 0 Å². The van der Waals surface area contributed by atoms with Crippen LogP contribution in [0.1, 0.15) is 25.3 Å². The Hall–Kier alpha value is -2.94. The average Bonchev–Trinajstić information content (AvgIpc) is 2.66. The monoisotopic (exact) mass is 392 g/mol. The molecular formula is C19H25FN4O4. The summed E-state index contributed by atoms with van der Waals surface area (Å²) in [7, 11) is 1.47. The number of anilines is 2. The van der Waals surface area contributed by atoms with E-state index in [2.05, 4.69) is 4.98 Å². The van der Waals surface area contributed by atoms with Gasteiger partial charge in [0, 0.05) is 26.6 Å². The number of aromatic nitrogens is 2. The Kier molecular flexibility index (Phi) is 7.51. The third-order valence-corrected chi connectivity index (χ3v) is 4.32. The zero-order valence-corrected chi connectivity index (χ0v) is 16.0. The van der Waals surface area contributed by atoms with Gasteiger partial charge in [-0.1, -0.05) is 25.1 Å². The molecule has 2 aromatic rings. The molecule has 8 nitrogen and oxygen atoms in total. The molecule has 0 aliphatic heterocycles. The smallest absolute Gasteiger partial charge is 0.330 e. The molecule has 0 saturated carbocycles. The SMILES string of the molecule is CCCn1c(N)c(N(CCOC)C(=O)CCc2ccccc2F)c(=O)[nH]c1=O. The van der Waals surface area contributed by atoms with Crippen molar-refractivity contribution in [2.45, 2.75) is 32.7 Å². The minimum atomic E-state index is -0.745. The molecule has 0 bridgehead atoms. The van der Waals surface area contributed by atoms with Crippen LogP contribution in [0.5, 0.6) is 0 Å². The van der Waals surface area contributed by atoms with E-state index in [0.29, 0.717) is 18.5 Å². The first-order valence-corrected chi connectivity index (χ1v) is 9.06. The molecule has 0 aliphatic carbocycles. The van der Waals surface area contributed by atoms with Crippen LogP contribution in [0.15, 0.2) is 33.9 Å². The van der Waals surface area contributed by atoms with Crippen molar-refractivity contribution < 1.29 is 13.9 Å². The second kappa shape index (κ2) is 9.84. The third kappa shape index (κ3) is 4.86. The maximum absolute atomic E-state index is 13.8. The second-order valence-corrected chi connectivity index (χ2v) is 6.27. The highest BCUT2D eigenvalue weighted by atomic mass is 19.1. The number of hydrogen-bond acceptors (Lipinski definition) is 5. The maximum Gasteiger partial charge on any atom is 0.330 e. The summed E-state index contributed by atoms with van der Waals surface area (Å²) < 4.78 is 20.1. The number of carbonyl (C=O) groups is 1. The highest BCUT2D eigenvalue weighted by Crippen LogP contribution is 2.19. The summed E-state index contributed by atoms with van der Waals surface area (Å²) in [6.45, 7) is 2.40. The Morgan fingerprint density at radius 1 is 1.32 bits per heavy atom. The van der Waals surface area contributed by atoms with Crippen molar-refractivity contribution in [3.63, 3.8) is 0 Å². The van der Waals surface area contributed by atoms with Crippen LogP contribution in [-0.2, 0) is 22.5 Å². The number of carbonyl (C=O) groups excluding carboxylic acids is 1. The molecule has 152 valence electrons. The lowest BCUT2D eigenvalue weighted by atomic mass is 10.1. The maximum atomic E-state index is 13.8. The van der Waals surface area contributed by atoms with E-state index < -0.39 is 23.0 Å². The van der Waals surface area contributed by atoms with Crippen molar-refractivity contribution in [3.8, 4) is 0 Å². The molecule has 28 heavy (non-hydrogen) atoms. The number of halogens is 1. The van der Waals surface area contributed by atoms with Gasteiger partial charge in [0.2, 0.25) is 5.91 Å². The Morgan fingerprint density at radius 2 is 2.04 bits per heavy atom. The number of hydrogen-bond donors (Lipinski definition) is 2. The van der Waals surface area contributed by atoms with Gasteiger partial charge in [-0.2, -0.15) is 0 Å². The summed E-state index contributed by atoms with van der Waals surface area (Å²) in [5.41, 5.74) is 5.00. The van der Waals surface area contributed by atoms with E-state index in [-0.39, 0.29) is 37.5 Å². The number of benzene rings is 1. The van der Waals surface area contributed by atoms with Gasteiger partial charge in [0.1, 0.15) is 11.6 Å². The van der Waals surface area contributed by atoms with Crippen LogP contribution in [-0.4, -0.2) is 35.7 Å². The van der Waals surface area contributed by atoms with Crippen LogP contribution < -0.4 is 21.9 Å². The van der Waals surface area contributed by atoms with Gasteiger partial charge in [0.25, 0.3) is 5.56 Å². The lowest BCUT2D eigenvalue weighted by Crippen LogP contribution is -2.42. The minimum absolute atomic E-state index is 0.0313. The summed E-state index contributed by atoms with van der Waals surface area (Å²) in [6.07, 6.45) is 0.757. The van der Waals surface area contributed by atoms with E-state index in [4.69, 9.17) is 10.5 Å². The molecule has 1 aromatic heterocycles. The summed E-state index contributed by atoms with van der Waals surface area (Å²) in [5, 5.41) is 0. The first-order valence-electron chi connectivity index (χ1n) is 9.06. The number of aryl methyl sites for hydroxylation is 1. The van der Waals surface area contributed by atoms with E-state index in [1.807, 2.05) is 6.92 Å². The molecular weight excluding hydrogens is 367 g/mol. The number of methoxy groups -OCH3 is 1. The van der Waals surface area contributed by atoms with E-state index in [9.17, 15) is 18.8 Å². The first-order chi connectivity index (χ1) is 13.4. The summed E-state index contributed by atoms with van der Waals surface area (Å²) in [4.78, 5) is 40.7. The fourth-order valence-corrected chi connectivity index (χ4v) is 2.91. The Bertz CT molecular complexity index is 938. The predicted octanol–water partition coefficient (Wildman–Crippen LogP) is 1.28. The highest BCUT2D eigenvalue weighted by Gasteiger charge is 2.24. The first kappa shape index (κ1) is 21.4. The fourth-order valence-electron chi connectivity index (χ4n) is 2.91. The molecule has 1 aromatic carbocycles. The molecule has 0 spiro atoms. The number of aromatic amines is 1. The van der Waals surface area contributed by atoms with Gasteiger partial charge in [0.15, 0.2) is 5.69 Å². The number of ether oxygens (including phenoxy) is 1. The highest BCUT2D eigenvalue weighted by molar-refractivity contribution is 5.95. The molecule has 0 radical (unpaired) electrons. The molecule has 2 rings (SSSR count). The van der Waals surface area contributed by atoms with Crippen LogP contribution in [0.2, 0.25) is 0 Å². The fraction of sp³-hybridized carbons (Fsp3) is 0.421. The molecule has 0 unspecified atom stereocenters. The van der Waals surface area contributed by atoms with Gasteiger partial charge >= 0.3 is 5.69 Å². The van der Waals surface area contributed by atoms with Gasteiger partial charge in [-0.25, -0.2) is 9.18 Å². The number of H-pyrrole nitrogens is 1. The molecule has 9 heteroatoms. The van der Waals surface area contributed by atoms with Crippen molar-refractivity contribution in [2.75, 3.05) is 30.9 Å². The molecule has 0 saturated heterocycles. The number of nitrogens with two attached hydrogens (primary N) is 1. The summed E-state index contributed by atoms with van der Waals surface area (Å²) in [5.74, 6) is -0.891. The van der Waals surface area contributed by atoms with E-state index in [1.165, 1.54) is 22.6 Å². The molecule has 3 N–H and O–H groups in total. The van der Waals surface area contributed by atoms with Gasteiger partial charge in [-0.05, 0) is 24.5 Å². The van der Waals surface area contributed by atoms with Crippen LogP contribution in [0.4, 0.5) is 15.9 Å². The van der Waals surface area contributed by atoms with Gasteiger partial charge < -0.3 is 15.4 Å². The van der Waals surface area contributed by atoms with E-state index >= 15 is 0 Å². The lowest BCUT2D eigenvalue weighted by molar-refractivity contribution is -0.118. The number of amides is 1. The predicted molar refractivity (Wildman–Crippen MR) is 105 cm³/mol. The summed E-state index contributed by atoms with van der Waals surface area (Å²) in [6, 6.07) is 6.19. The third-order valence-electron chi connectivity index (χ3n) is 4.32. The van der Waals surface area contributed by atoms with Crippen LogP contribution in [0.25, 0.3) is 0 Å². The molecule has 0 atom stereocenters. The molecule has 1 heterocycles. The van der Waals surface area contributed by atoms with Crippen LogP contribution >= 0.6 is 0 Å². The normalized spacial score (nSPS) is 10.8. The zero-order chi connectivity index (χ0) is 20.7. The quantitative estimate of drug-likeness (QED) is 0.668. The van der Waals surface area contributed by atoms with Crippen LogP contribution in [0, 0.1) is 5.82 Å². The Morgan fingerprint density at radius 3 is 2.68 bits per heavy atom. The van der Waals surface area contributed by atoms with Crippen molar-refractivity contribution in [3.05, 3.63) is 56.5 Å². The Balaban J connectivity index is 2.36. The number of nitrogens with zero attached hydrogens (tertiary/aromatic N) is 2. The average molecular weight is 392 g/mol. The number of nitrogens with one attached hydrogen (secondary N) is 1. The second-order valence-electron chi connectivity index (χ2n) is 6.27. The topological polar surface area (TPSA) is 110 Å². The summed E-state index contributed by atoms with van der Waals surface area (Å²) >= 11 is 0. The van der Waals surface area contributed by atoms with Crippen molar-refractivity contribution in [2.24, 2.45) is 0 Å². The van der Waals surface area contributed by atoms with Gasteiger partial charge in [0.05, 0.1) is 6.61 Å². The Labute approximate surface area is 161 Å².